The molecule has 0 radical (unpaired) electrons. The normalized spacial score (nSPS) is 11.2. The Balaban J connectivity index is 2.43. The molecular formula is C8H10BrN5O3. The van der Waals surface area contributed by atoms with Gasteiger partial charge in [-0.25, -0.2) is 4.98 Å². The van der Waals surface area contributed by atoms with Crippen LogP contribution in [0.15, 0.2) is 4.73 Å². The number of aliphatic hydroxyl groups is 1. The van der Waals surface area contributed by atoms with E-state index in [-0.39, 0.29) is 37.3 Å². The summed E-state index contributed by atoms with van der Waals surface area (Å²) >= 11 is 3.21. The molecule has 0 bridgehead atoms. The Kier molecular flexibility index (Phi) is 3.41. The molecule has 92 valence electrons. The molecule has 4 N–H and O–H groups in total. The lowest BCUT2D eigenvalue weighted by Crippen LogP contribution is -2.07. The van der Waals surface area contributed by atoms with Crippen molar-refractivity contribution in [1.29, 1.82) is 0 Å². The van der Waals surface area contributed by atoms with Crippen LogP contribution in [0, 0.1) is 0 Å². The zero-order valence-corrected chi connectivity index (χ0v) is 10.3. The topological polar surface area (TPSA) is 119 Å². The maximum atomic E-state index is 9.55. The van der Waals surface area contributed by atoms with E-state index in [2.05, 4.69) is 30.9 Å². The maximum Gasteiger partial charge on any atom is 0.244 e. The third-order valence-corrected chi connectivity index (χ3v) is 2.61. The van der Waals surface area contributed by atoms with Gasteiger partial charge in [0, 0.05) is 0 Å². The molecule has 0 spiro atoms. The summed E-state index contributed by atoms with van der Waals surface area (Å²) in [5.74, 6) is -0.333. The number of nitrogens with two attached hydrogens (primary N) is 1. The second kappa shape index (κ2) is 4.82. The fourth-order valence-corrected chi connectivity index (χ4v) is 1.76. The second-order valence-electron chi connectivity index (χ2n) is 3.15. The van der Waals surface area contributed by atoms with Crippen LogP contribution in [-0.4, -0.2) is 42.9 Å². The van der Waals surface area contributed by atoms with Gasteiger partial charge in [0.2, 0.25) is 11.8 Å². The number of halogens is 1. The summed E-state index contributed by atoms with van der Waals surface area (Å²) in [6.07, 6.45) is 0. The first-order valence-electron chi connectivity index (χ1n) is 4.70. The van der Waals surface area contributed by atoms with E-state index < -0.39 is 0 Å². The Morgan fingerprint density at radius 2 is 2.12 bits per heavy atom. The van der Waals surface area contributed by atoms with Gasteiger partial charge in [0.15, 0.2) is 15.9 Å². The highest BCUT2D eigenvalue weighted by molar-refractivity contribution is 9.10. The Labute approximate surface area is 104 Å². The molecule has 0 aromatic carbocycles. The summed E-state index contributed by atoms with van der Waals surface area (Å²) in [6.45, 7) is 0.249. The summed E-state index contributed by atoms with van der Waals surface area (Å²) in [6, 6.07) is 0. The summed E-state index contributed by atoms with van der Waals surface area (Å²) in [5, 5.41) is 18.2. The van der Waals surface area contributed by atoms with E-state index in [0.29, 0.717) is 10.4 Å². The van der Waals surface area contributed by atoms with E-state index >= 15 is 0 Å². The van der Waals surface area contributed by atoms with E-state index in [1.165, 1.54) is 0 Å². The number of ether oxygens (including phenoxy) is 1. The van der Waals surface area contributed by atoms with Gasteiger partial charge in [0.05, 0.1) is 13.2 Å². The molecule has 2 heterocycles. The van der Waals surface area contributed by atoms with Crippen molar-refractivity contribution in [2.24, 2.45) is 0 Å². The van der Waals surface area contributed by atoms with Gasteiger partial charge in [-0.15, -0.1) is 0 Å². The number of fused-ring (bicyclic) bond motifs is 1. The van der Waals surface area contributed by atoms with E-state index in [1.807, 2.05) is 0 Å². The molecule has 17 heavy (non-hydrogen) atoms. The third-order valence-electron chi connectivity index (χ3n) is 2.00. The van der Waals surface area contributed by atoms with Gasteiger partial charge in [-0.3, -0.25) is 4.57 Å². The van der Waals surface area contributed by atoms with E-state index in [4.69, 9.17) is 15.6 Å². The fourth-order valence-electron chi connectivity index (χ4n) is 1.31. The lowest BCUT2D eigenvalue weighted by atomic mass is 10.5. The van der Waals surface area contributed by atoms with Crippen molar-refractivity contribution in [1.82, 2.24) is 19.5 Å². The molecule has 2 aromatic heterocycles. The van der Waals surface area contributed by atoms with Crippen molar-refractivity contribution in [3.05, 3.63) is 4.73 Å². The van der Waals surface area contributed by atoms with Crippen LogP contribution in [0.4, 0.5) is 5.95 Å². The minimum atomic E-state index is -0.283. The molecule has 0 unspecified atom stereocenters. The number of nitrogens with zero attached hydrogens (tertiary/aromatic N) is 4. The number of imidazole rings is 1. The average Bonchev–Trinajstić information content (AvgIpc) is 2.57. The lowest BCUT2D eigenvalue weighted by Gasteiger charge is -2.05. The molecule has 0 fully saturated rings. The molecule has 0 amide bonds. The number of nitrogen functional groups attached to an aromatic ring is 1. The highest BCUT2D eigenvalue weighted by atomic mass is 79.9. The van der Waals surface area contributed by atoms with Gasteiger partial charge in [0.25, 0.3) is 0 Å². The number of aromatic nitrogens is 4. The summed E-state index contributed by atoms with van der Waals surface area (Å²) in [4.78, 5) is 11.6. The molecule has 0 saturated carbocycles. The number of anilines is 1. The van der Waals surface area contributed by atoms with Crippen molar-refractivity contribution in [3.8, 4) is 5.88 Å². The molecule has 0 atom stereocenters. The Morgan fingerprint density at radius 3 is 2.82 bits per heavy atom. The second-order valence-corrected chi connectivity index (χ2v) is 3.86. The Bertz CT molecular complexity index is 543. The highest BCUT2D eigenvalue weighted by Crippen LogP contribution is 2.25. The molecule has 9 heteroatoms. The highest BCUT2D eigenvalue weighted by Gasteiger charge is 2.15. The summed E-state index contributed by atoms with van der Waals surface area (Å²) < 4.78 is 7.15. The van der Waals surface area contributed by atoms with E-state index in [1.54, 1.807) is 4.57 Å². The molecule has 0 saturated heterocycles. The van der Waals surface area contributed by atoms with Crippen LogP contribution in [-0.2, 0) is 11.5 Å². The standard InChI is InChI=1S/C8H10BrN5O3/c9-7-11-4-5(12-8(10)13-6(4)16)14(7)3-17-2-1-15/h15H,1-3H2,(H3,10,12,13,16). The van der Waals surface area contributed by atoms with Crippen LogP contribution in [0.5, 0.6) is 5.88 Å². The quantitative estimate of drug-likeness (QED) is 0.530. The van der Waals surface area contributed by atoms with E-state index in [0.717, 1.165) is 0 Å². The molecule has 8 nitrogen and oxygen atoms in total. The number of hydrogen-bond donors (Lipinski definition) is 3. The molecule has 0 aliphatic heterocycles. The van der Waals surface area contributed by atoms with Crippen molar-refractivity contribution in [2.75, 3.05) is 18.9 Å². The van der Waals surface area contributed by atoms with Crippen LogP contribution in [0.3, 0.4) is 0 Å². The monoisotopic (exact) mass is 303 g/mol. The Morgan fingerprint density at radius 1 is 1.35 bits per heavy atom. The van der Waals surface area contributed by atoms with Crippen molar-refractivity contribution in [3.63, 3.8) is 0 Å². The number of rotatable bonds is 4. The zero-order valence-electron chi connectivity index (χ0n) is 8.67. The Hall–Kier alpha value is -1.45. The summed E-state index contributed by atoms with van der Waals surface area (Å²) in [7, 11) is 0. The fraction of sp³-hybridized carbons (Fsp3) is 0.375. The van der Waals surface area contributed by atoms with Gasteiger partial charge < -0.3 is 20.7 Å². The summed E-state index contributed by atoms with van der Waals surface area (Å²) in [5.41, 5.74) is 6.03. The van der Waals surface area contributed by atoms with Crippen LogP contribution in [0.2, 0.25) is 0 Å². The smallest absolute Gasteiger partial charge is 0.244 e. The van der Waals surface area contributed by atoms with Crippen LogP contribution >= 0.6 is 15.9 Å². The van der Waals surface area contributed by atoms with E-state index in [9.17, 15) is 5.11 Å². The largest absolute Gasteiger partial charge is 0.492 e. The molecule has 2 rings (SSSR count). The first kappa shape index (κ1) is 12.0. The zero-order chi connectivity index (χ0) is 12.4. The van der Waals surface area contributed by atoms with Crippen LogP contribution in [0.25, 0.3) is 11.2 Å². The van der Waals surface area contributed by atoms with Gasteiger partial charge in [-0.1, -0.05) is 0 Å². The first-order valence-corrected chi connectivity index (χ1v) is 5.49. The number of aliphatic hydroxyl groups excluding tert-OH is 1. The predicted octanol–water partition coefficient (Wildman–Crippen LogP) is -0.157. The third kappa shape index (κ3) is 2.30. The van der Waals surface area contributed by atoms with Crippen molar-refractivity contribution in [2.45, 2.75) is 6.73 Å². The average molecular weight is 304 g/mol. The minimum Gasteiger partial charge on any atom is -0.492 e. The van der Waals surface area contributed by atoms with Gasteiger partial charge in [0.1, 0.15) is 6.73 Å². The van der Waals surface area contributed by atoms with Gasteiger partial charge in [-0.05, 0) is 15.9 Å². The van der Waals surface area contributed by atoms with Crippen molar-refractivity contribution < 1.29 is 14.9 Å². The minimum absolute atomic E-state index is 0.0502. The number of hydrogen-bond acceptors (Lipinski definition) is 7. The molecule has 0 aliphatic rings. The SMILES string of the molecule is Nc1nc(O)c2nc(Br)n(COCCO)c2n1. The lowest BCUT2D eigenvalue weighted by molar-refractivity contribution is 0.0488. The first-order chi connectivity index (χ1) is 8.13. The van der Waals surface area contributed by atoms with Crippen LogP contribution < -0.4 is 5.73 Å². The van der Waals surface area contributed by atoms with Gasteiger partial charge >= 0.3 is 0 Å². The van der Waals surface area contributed by atoms with Crippen molar-refractivity contribution >= 4 is 33.0 Å². The number of aromatic hydroxyl groups is 1. The predicted molar refractivity (Wildman–Crippen MR) is 62.1 cm³/mol. The molecule has 2 aromatic rings. The van der Waals surface area contributed by atoms with Gasteiger partial charge in [-0.2, -0.15) is 9.97 Å². The maximum absolute atomic E-state index is 9.55. The molecule has 0 aliphatic carbocycles. The van der Waals surface area contributed by atoms with Crippen LogP contribution in [0.1, 0.15) is 0 Å². The molecular weight excluding hydrogens is 294 g/mol.